The molecular weight excluding hydrogens is 256 g/mol. The van der Waals surface area contributed by atoms with Gasteiger partial charge in [0.25, 0.3) is 0 Å². The molecule has 0 spiro atoms. The molecule has 20 heavy (non-hydrogen) atoms. The first-order valence-electron chi connectivity index (χ1n) is 7.88. The molecule has 0 heterocycles. The van der Waals surface area contributed by atoms with Gasteiger partial charge in [-0.15, -0.1) is 0 Å². The third-order valence-electron chi connectivity index (χ3n) is 7.39. The maximum Gasteiger partial charge on any atom is 0.302 e. The Balaban J connectivity index is 1.37. The summed E-state index contributed by atoms with van der Waals surface area (Å²) < 4.78 is 10.6. The van der Waals surface area contributed by atoms with Gasteiger partial charge in [0.2, 0.25) is 0 Å². The van der Waals surface area contributed by atoms with Crippen molar-refractivity contribution >= 4 is 11.9 Å². The summed E-state index contributed by atoms with van der Waals surface area (Å²) in [7, 11) is 0. The summed E-state index contributed by atoms with van der Waals surface area (Å²) in [5.74, 6) is 7.75. The first kappa shape index (κ1) is 11.6. The predicted molar refractivity (Wildman–Crippen MR) is 68.2 cm³/mol. The molecule has 4 unspecified atom stereocenters. The fraction of sp³-hybridized carbons (Fsp3) is 0.875. The van der Waals surface area contributed by atoms with Gasteiger partial charge in [-0.05, 0) is 47.3 Å². The maximum absolute atomic E-state index is 11.1. The second kappa shape index (κ2) is 3.40. The Hall–Kier alpha value is -1.06. The molecule has 6 fully saturated rings. The van der Waals surface area contributed by atoms with Crippen LogP contribution in [0.3, 0.4) is 0 Å². The Morgan fingerprint density at radius 1 is 0.650 bits per heavy atom. The van der Waals surface area contributed by atoms with Crippen LogP contribution in [0.1, 0.15) is 13.8 Å². The number of fused-ring (bicyclic) bond motifs is 1. The molecule has 4 nitrogen and oxygen atoms in total. The van der Waals surface area contributed by atoms with Gasteiger partial charge in [0, 0.05) is 25.7 Å². The average Bonchev–Trinajstić information content (AvgIpc) is 2.35. The van der Waals surface area contributed by atoms with Crippen molar-refractivity contribution in [1.82, 2.24) is 0 Å². The minimum absolute atomic E-state index is 0.192. The number of rotatable bonds is 4. The topological polar surface area (TPSA) is 52.6 Å². The van der Waals surface area contributed by atoms with Gasteiger partial charge < -0.3 is 9.47 Å². The quantitative estimate of drug-likeness (QED) is 0.727. The molecule has 2 bridgehead atoms. The lowest BCUT2D eigenvalue weighted by Crippen LogP contribution is -2.92. The smallest absolute Gasteiger partial charge is 0.302 e. The molecule has 6 rings (SSSR count). The van der Waals surface area contributed by atoms with E-state index in [0.29, 0.717) is 25.0 Å². The molecule has 6 aliphatic rings. The number of carbonyl (C=O) groups is 2. The van der Waals surface area contributed by atoms with Crippen LogP contribution in [0, 0.1) is 59.2 Å². The third-order valence-corrected chi connectivity index (χ3v) is 7.39. The van der Waals surface area contributed by atoms with Gasteiger partial charge in [0.1, 0.15) is 0 Å². The summed E-state index contributed by atoms with van der Waals surface area (Å²) in [5, 5.41) is 0. The second-order valence-corrected chi connectivity index (χ2v) is 7.55. The van der Waals surface area contributed by atoms with Crippen LogP contribution in [0.15, 0.2) is 0 Å². The molecule has 4 heteroatoms. The van der Waals surface area contributed by atoms with Crippen molar-refractivity contribution in [3.63, 3.8) is 0 Å². The molecule has 0 aromatic rings. The largest absolute Gasteiger partial charge is 0.466 e. The molecule has 0 aromatic carbocycles. The van der Waals surface area contributed by atoms with Gasteiger partial charge in [-0.25, -0.2) is 0 Å². The monoisotopic (exact) mass is 276 g/mol. The van der Waals surface area contributed by atoms with Crippen molar-refractivity contribution in [2.75, 3.05) is 13.2 Å². The molecular formula is C16H20O4. The molecule has 0 N–H and O–H groups in total. The highest BCUT2D eigenvalue weighted by molar-refractivity contribution is 5.66. The van der Waals surface area contributed by atoms with E-state index in [4.69, 9.17) is 9.47 Å². The number of ether oxygens (including phenoxy) is 2. The van der Waals surface area contributed by atoms with Gasteiger partial charge in [0.15, 0.2) is 0 Å². The predicted octanol–water partition coefficient (Wildman–Crippen LogP) is 1.34. The summed E-state index contributed by atoms with van der Waals surface area (Å²) in [6.07, 6.45) is 0. The summed E-state index contributed by atoms with van der Waals surface area (Å²) >= 11 is 0. The van der Waals surface area contributed by atoms with E-state index in [1.807, 2.05) is 0 Å². The van der Waals surface area contributed by atoms with Crippen LogP contribution in [0.4, 0.5) is 0 Å². The highest BCUT2D eigenvalue weighted by Crippen LogP contribution is 2.93. The minimum atomic E-state index is -0.192. The zero-order valence-corrected chi connectivity index (χ0v) is 11.8. The van der Waals surface area contributed by atoms with E-state index < -0.39 is 0 Å². The molecule has 10 atom stereocenters. The second-order valence-electron chi connectivity index (χ2n) is 7.55. The standard InChI is InChI=1S/C16H20O4/c1-5(17)19-3-7-8(4-20-6(2)18)10-13-11-9(7)12-14(10)16(13)15(11)12/h7-16H,3-4H2,1-2H3/t7-,8-,9?,10?,11-,12+,13+,14+,15?,16?/m0/s1. The first-order valence-corrected chi connectivity index (χ1v) is 7.88. The van der Waals surface area contributed by atoms with Gasteiger partial charge >= 0.3 is 11.9 Å². The van der Waals surface area contributed by atoms with Crippen molar-refractivity contribution in [2.45, 2.75) is 13.8 Å². The molecule has 0 saturated heterocycles. The van der Waals surface area contributed by atoms with E-state index in [9.17, 15) is 9.59 Å². The van der Waals surface area contributed by atoms with Crippen LogP contribution >= 0.6 is 0 Å². The minimum Gasteiger partial charge on any atom is -0.466 e. The third kappa shape index (κ3) is 1.02. The van der Waals surface area contributed by atoms with Crippen LogP contribution in [-0.2, 0) is 19.1 Å². The zero-order chi connectivity index (χ0) is 13.8. The van der Waals surface area contributed by atoms with E-state index >= 15 is 0 Å². The van der Waals surface area contributed by atoms with Crippen LogP contribution < -0.4 is 0 Å². The molecule has 0 amide bonds. The maximum atomic E-state index is 11.1. The van der Waals surface area contributed by atoms with E-state index in [2.05, 4.69) is 0 Å². The van der Waals surface area contributed by atoms with Crippen molar-refractivity contribution in [2.24, 2.45) is 59.2 Å². The van der Waals surface area contributed by atoms with Gasteiger partial charge in [-0.3, -0.25) is 9.59 Å². The highest BCUT2D eigenvalue weighted by atomic mass is 16.5. The number of hydrogen-bond acceptors (Lipinski definition) is 4. The van der Waals surface area contributed by atoms with E-state index in [1.165, 1.54) is 13.8 Å². The molecule has 0 aliphatic heterocycles. The van der Waals surface area contributed by atoms with Crippen LogP contribution in [0.2, 0.25) is 0 Å². The van der Waals surface area contributed by atoms with Crippen molar-refractivity contribution in [3.8, 4) is 0 Å². The van der Waals surface area contributed by atoms with E-state index in [-0.39, 0.29) is 11.9 Å². The normalized spacial score (nSPS) is 58.3. The lowest BCUT2D eigenvalue weighted by Gasteiger charge is -2.95. The summed E-state index contributed by atoms with van der Waals surface area (Å²) in [5.41, 5.74) is 0. The Bertz CT molecular complexity index is 449. The lowest BCUT2D eigenvalue weighted by atomic mass is 9.09. The fourth-order valence-corrected chi connectivity index (χ4v) is 7.16. The Kier molecular flexibility index (Phi) is 1.97. The van der Waals surface area contributed by atoms with Crippen molar-refractivity contribution in [1.29, 1.82) is 0 Å². The van der Waals surface area contributed by atoms with Crippen LogP contribution in [0.25, 0.3) is 0 Å². The van der Waals surface area contributed by atoms with Gasteiger partial charge in [-0.1, -0.05) is 0 Å². The molecule has 6 aliphatic carbocycles. The number of carbonyl (C=O) groups excluding carboxylic acids is 2. The number of esters is 2. The molecule has 0 radical (unpaired) electrons. The summed E-state index contributed by atoms with van der Waals surface area (Å²) in [4.78, 5) is 22.3. The van der Waals surface area contributed by atoms with Crippen molar-refractivity contribution < 1.29 is 19.1 Å². The van der Waals surface area contributed by atoms with Crippen LogP contribution in [-0.4, -0.2) is 25.2 Å². The van der Waals surface area contributed by atoms with Gasteiger partial charge in [0.05, 0.1) is 13.2 Å². The number of hydrogen-bond donors (Lipinski definition) is 0. The Morgan fingerprint density at radius 2 is 0.950 bits per heavy atom. The molecule has 0 aromatic heterocycles. The zero-order valence-electron chi connectivity index (χ0n) is 11.8. The average molecular weight is 276 g/mol. The molecule has 6 saturated carbocycles. The summed E-state index contributed by atoms with van der Waals surface area (Å²) in [6, 6.07) is 0. The Labute approximate surface area is 118 Å². The first-order chi connectivity index (χ1) is 9.61. The van der Waals surface area contributed by atoms with E-state index in [0.717, 1.165) is 47.3 Å². The SMILES string of the molecule is CC(=O)OC[C@@H]1C2[C@H]3C4C5[C@@H]3C([C@H]5[C@H]42)[C@H]1COC(C)=O. The fourth-order valence-electron chi connectivity index (χ4n) is 7.16. The summed E-state index contributed by atoms with van der Waals surface area (Å²) in [6.45, 7) is 4.02. The van der Waals surface area contributed by atoms with E-state index in [1.54, 1.807) is 0 Å². The van der Waals surface area contributed by atoms with Gasteiger partial charge in [-0.2, -0.15) is 0 Å². The Morgan fingerprint density at radius 3 is 1.25 bits per heavy atom. The van der Waals surface area contributed by atoms with Crippen molar-refractivity contribution in [3.05, 3.63) is 0 Å². The van der Waals surface area contributed by atoms with Crippen LogP contribution in [0.5, 0.6) is 0 Å². The lowest BCUT2D eigenvalue weighted by molar-refractivity contribution is -0.488. The molecule has 108 valence electrons. The highest BCUT2D eigenvalue weighted by Gasteiger charge is 2.90.